The largest absolute Gasteiger partial charge is 0.379 e. The van der Waals surface area contributed by atoms with E-state index in [1.54, 1.807) is 4.68 Å². The highest BCUT2D eigenvalue weighted by molar-refractivity contribution is 5.75. The molecule has 9 heteroatoms. The molecule has 2 aliphatic rings. The topological polar surface area (TPSA) is 79.6 Å². The van der Waals surface area contributed by atoms with Gasteiger partial charge in [0.15, 0.2) is 5.82 Å². The van der Waals surface area contributed by atoms with Gasteiger partial charge >= 0.3 is 0 Å². The first kappa shape index (κ1) is 20.2. The van der Waals surface area contributed by atoms with Gasteiger partial charge in [0.1, 0.15) is 0 Å². The van der Waals surface area contributed by atoms with Crippen molar-refractivity contribution in [3.8, 4) is 0 Å². The molecule has 0 aliphatic carbocycles. The Kier molecular flexibility index (Phi) is 7.54. The average molecular weight is 380 g/mol. The van der Waals surface area contributed by atoms with Gasteiger partial charge in [-0.1, -0.05) is 6.92 Å². The second kappa shape index (κ2) is 10.1. The Morgan fingerprint density at radius 2 is 2.07 bits per heavy atom. The third-order valence-corrected chi connectivity index (χ3v) is 5.62. The van der Waals surface area contributed by atoms with Crippen molar-refractivity contribution in [2.45, 2.75) is 39.3 Å². The molecule has 1 aromatic rings. The highest BCUT2D eigenvalue weighted by Crippen LogP contribution is 2.17. The van der Waals surface area contributed by atoms with Gasteiger partial charge < -0.3 is 14.5 Å². The molecule has 3 heterocycles. The lowest BCUT2D eigenvalue weighted by Crippen LogP contribution is -2.41. The number of hydrogen-bond donors (Lipinski definition) is 0. The van der Waals surface area contributed by atoms with Gasteiger partial charge in [0.05, 0.1) is 26.3 Å². The van der Waals surface area contributed by atoms with Gasteiger partial charge in [-0.25, -0.2) is 4.68 Å². The van der Waals surface area contributed by atoms with Crippen molar-refractivity contribution in [2.24, 2.45) is 5.92 Å². The van der Waals surface area contributed by atoms with E-state index in [0.29, 0.717) is 25.4 Å². The van der Waals surface area contributed by atoms with Crippen LogP contribution in [-0.2, 0) is 22.6 Å². The number of likely N-dealkylation sites (tertiary alicyclic amines) is 1. The highest BCUT2D eigenvalue weighted by atomic mass is 16.5. The first-order valence-corrected chi connectivity index (χ1v) is 10.2. The molecule has 27 heavy (non-hydrogen) atoms. The van der Waals surface area contributed by atoms with Crippen LogP contribution in [0.5, 0.6) is 0 Å². The summed E-state index contributed by atoms with van der Waals surface area (Å²) in [5.41, 5.74) is 0. The molecule has 0 aromatic carbocycles. The van der Waals surface area contributed by atoms with Crippen molar-refractivity contribution in [2.75, 3.05) is 59.5 Å². The van der Waals surface area contributed by atoms with Crippen LogP contribution in [-0.4, -0.2) is 100 Å². The summed E-state index contributed by atoms with van der Waals surface area (Å²) in [5.74, 6) is 1.56. The zero-order valence-corrected chi connectivity index (χ0v) is 16.7. The van der Waals surface area contributed by atoms with E-state index in [9.17, 15) is 4.79 Å². The number of nitrogens with zero attached hydrogens (tertiary/aromatic N) is 7. The number of aromatic nitrogens is 4. The maximum atomic E-state index is 12.6. The minimum absolute atomic E-state index is 0.163. The SMILES string of the molecule is CCN1CCC[C@@H](CN(C)C(=O)CCn2nnnc2CN2CCOCC2)C1. The van der Waals surface area contributed by atoms with E-state index in [0.717, 1.165) is 51.8 Å². The number of piperidine rings is 1. The lowest BCUT2D eigenvalue weighted by molar-refractivity contribution is -0.131. The minimum atomic E-state index is 0.163. The van der Waals surface area contributed by atoms with Gasteiger partial charge in [-0.3, -0.25) is 9.69 Å². The Labute approximate surface area is 161 Å². The summed E-state index contributed by atoms with van der Waals surface area (Å²) in [6.07, 6.45) is 2.88. The summed E-state index contributed by atoms with van der Waals surface area (Å²) < 4.78 is 7.14. The quantitative estimate of drug-likeness (QED) is 0.633. The van der Waals surface area contributed by atoms with Crippen molar-refractivity contribution in [1.82, 2.24) is 34.9 Å². The Bertz CT molecular complexity index is 588. The minimum Gasteiger partial charge on any atom is -0.379 e. The molecule has 1 amide bonds. The normalized spacial score (nSPS) is 22.1. The number of morpholine rings is 1. The number of tetrazole rings is 1. The Balaban J connectivity index is 1.44. The summed E-state index contributed by atoms with van der Waals surface area (Å²) in [7, 11) is 1.92. The van der Waals surface area contributed by atoms with Crippen LogP contribution in [0.25, 0.3) is 0 Å². The number of carbonyl (C=O) groups excluding carboxylic acids is 1. The molecule has 0 bridgehead atoms. The third-order valence-electron chi connectivity index (χ3n) is 5.62. The Morgan fingerprint density at radius 1 is 1.26 bits per heavy atom. The van der Waals surface area contributed by atoms with Crippen LogP contribution in [0, 0.1) is 5.92 Å². The predicted octanol–water partition coefficient (Wildman–Crippen LogP) is 0.0857. The Morgan fingerprint density at radius 3 is 2.85 bits per heavy atom. The zero-order valence-electron chi connectivity index (χ0n) is 16.7. The first-order chi connectivity index (χ1) is 13.2. The van der Waals surface area contributed by atoms with Gasteiger partial charge in [-0.15, -0.1) is 5.10 Å². The fraction of sp³-hybridized carbons (Fsp3) is 0.889. The molecule has 1 atom stereocenters. The van der Waals surface area contributed by atoms with E-state index < -0.39 is 0 Å². The maximum absolute atomic E-state index is 12.6. The standard InChI is InChI=1S/C18H33N7O2/c1-3-23-7-4-5-16(14-23)13-22(2)18(26)6-8-25-17(19-20-21-25)15-24-9-11-27-12-10-24/h16H,3-15H2,1-2H3/t16-/m0/s1. The van der Waals surface area contributed by atoms with Gasteiger partial charge in [0, 0.05) is 39.6 Å². The molecule has 0 N–H and O–H groups in total. The smallest absolute Gasteiger partial charge is 0.224 e. The number of hydrogen-bond acceptors (Lipinski definition) is 7. The van der Waals surface area contributed by atoms with E-state index in [4.69, 9.17) is 4.74 Å². The zero-order chi connectivity index (χ0) is 19.1. The molecule has 2 saturated heterocycles. The van der Waals surface area contributed by atoms with Crippen LogP contribution >= 0.6 is 0 Å². The average Bonchev–Trinajstić information content (AvgIpc) is 3.14. The van der Waals surface area contributed by atoms with E-state index in [-0.39, 0.29) is 5.91 Å². The van der Waals surface area contributed by atoms with E-state index in [2.05, 4.69) is 32.2 Å². The van der Waals surface area contributed by atoms with Crippen LogP contribution in [0.1, 0.15) is 32.0 Å². The van der Waals surface area contributed by atoms with Gasteiger partial charge in [-0.05, 0) is 42.3 Å². The van der Waals surface area contributed by atoms with Crippen molar-refractivity contribution in [3.63, 3.8) is 0 Å². The van der Waals surface area contributed by atoms with Crippen LogP contribution in [0.2, 0.25) is 0 Å². The van der Waals surface area contributed by atoms with E-state index >= 15 is 0 Å². The molecule has 0 radical (unpaired) electrons. The highest BCUT2D eigenvalue weighted by Gasteiger charge is 2.22. The summed E-state index contributed by atoms with van der Waals surface area (Å²) in [6.45, 7) is 11.0. The molecule has 1 aromatic heterocycles. The molecule has 2 aliphatic heterocycles. The van der Waals surface area contributed by atoms with Crippen LogP contribution in [0.15, 0.2) is 0 Å². The molecule has 2 fully saturated rings. The van der Waals surface area contributed by atoms with E-state index in [1.807, 2.05) is 11.9 Å². The fourth-order valence-corrected chi connectivity index (χ4v) is 3.94. The third kappa shape index (κ3) is 5.95. The lowest BCUT2D eigenvalue weighted by Gasteiger charge is -2.34. The van der Waals surface area contributed by atoms with E-state index in [1.165, 1.54) is 19.4 Å². The number of rotatable bonds is 8. The fourth-order valence-electron chi connectivity index (χ4n) is 3.94. The molecule has 3 rings (SSSR count). The number of amides is 1. The Hall–Kier alpha value is -1.58. The van der Waals surface area contributed by atoms with Crippen molar-refractivity contribution < 1.29 is 9.53 Å². The molecule has 0 spiro atoms. The van der Waals surface area contributed by atoms with Crippen molar-refractivity contribution in [3.05, 3.63) is 5.82 Å². The van der Waals surface area contributed by atoms with Crippen molar-refractivity contribution in [1.29, 1.82) is 0 Å². The monoisotopic (exact) mass is 379 g/mol. The van der Waals surface area contributed by atoms with Gasteiger partial charge in [-0.2, -0.15) is 0 Å². The van der Waals surface area contributed by atoms with Crippen LogP contribution in [0.3, 0.4) is 0 Å². The van der Waals surface area contributed by atoms with Gasteiger partial charge in [0.2, 0.25) is 5.91 Å². The number of aryl methyl sites for hydroxylation is 1. The molecular formula is C18H33N7O2. The summed E-state index contributed by atoms with van der Waals surface area (Å²) in [5, 5.41) is 12.0. The maximum Gasteiger partial charge on any atom is 0.224 e. The molecule has 9 nitrogen and oxygen atoms in total. The first-order valence-electron chi connectivity index (χ1n) is 10.2. The molecule has 152 valence electrons. The molecular weight excluding hydrogens is 346 g/mol. The summed E-state index contributed by atoms with van der Waals surface area (Å²) in [6, 6.07) is 0. The van der Waals surface area contributed by atoms with Crippen LogP contribution in [0.4, 0.5) is 0 Å². The van der Waals surface area contributed by atoms with Gasteiger partial charge in [0.25, 0.3) is 0 Å². The van der Waals surface area contributed by atoms with Crippen LogP contribution < -0.4 is 0 Å². The predicted molar refractivity (Wildman–Crippen MR) is 101 cm³/mol. The molecule has 0 unspecified atom stereocenters. The number of ether oxygens (including phenoxy) is 1. The number of carbonyl (C=O) groups is 1. The molecule has 0 saturated carbocycles. The second-order valence-electron chi connectivity index (χ2n) is 7.63. The van der Waals surface area contributed by atoms with Crippen molar-refractivity contribution >= 4 is 5.91 Å². The lowest BCUT2D eigenvalue weighted by atomic mass is 9.97. The summed E-state index contributed by atoms with van der Waals surface area (Å²) in [4.78, 5) is 19.2. The summed E-state index contributed by atoms with van der Waals surface area (Å²) >= 11 is 0. The second-order valence-corrected chi connectivity index (χ2v) is 7.63.